The summed E-state index contributed by atoms with van der Waals surface area (Å²) in [7, 11) is 0. The molecule has 1 saturated carbocycles. The number of aromatic nitrogens is 3. The maximum Gasteiger partial charge on any atom is 0.0995 e. The first kappa shape index (κ1) is 11.4. The second-order valence-corrected chi connectivity index (χ2v) is 4.95. The number of imidazole rings is 1. The Labute approximate surface area is 107 Å². The van der Waals surface area contributed by atoms with Crippen LogP contribution in [0, 0.1) is 5.92 Å². The zero-order valence-corrected chi connectivity index (χ0v) is 10.4. The Hall–Kier alpha value is -1.68. The van der Waals surface area contributed by atoms with Crippen LogP contribution in [0.3, 0.4) is 0 Å². The predicted octanol–water partition coefficient (Wildman–Crippen LogP) is 2.11. The van der Waals surface area contributed by atoms with Gasteiger partial charge in [-0.05, 0) is 43.9 Å². The second kappa shape index (κ2) is 4.90. The molecule has 2 atom stereocenters. The van der Waals surface area contributed by atoms with E-state index < -0.39 is 0 Å². The summed E-state index contributed by atoms with van der Waals surface area (Å²) < 4.78 is 2.04. The van der Waals surface area contributed by atoms with Gasteiger partial charge in [-0.2, -0.15) is 0 Å². The molecule has 0 saturated heterocycles. The standard InChI is InChI=1S/C14H18N4/c15-5-1-3-11-7-13(11)14-9-18(10-17-14)12-4-2-6-16-8-12/h2,4,6,8-11,13H,1,3,5,7,15H2. The third-order valence-corrected chi connectivity index (χ3v) is 3.63. The molecular formula is C14H18N4. The summed E-state index contributed by atoms with van der Waals surface area (Å²) in [4.78, 5) is 8.64. The van der Waals surface area contributed by atoms with Crippen LogP contribution in [0.15, 0.2) is 37.1 Å². The molecule has 2 unspecified atom stereocenters. The average molecular weight is 242 g/mol. The largest absolute Gasteiger partial charge is 0.330 e. The van der Waals surface area contributed by atoms with Gasteiger partial charge < -0.3 is 10.3 Å². The molecule has 0 bridgehead atoms. The normalized spacial score (nSPS) is 22.1. The minimum Gasteiger partial charge on any atom is -0.330 e. The van der Waals surface area contributed by atoms with Crippen molar-refractivity contribution in [2.24, 2.45) is 11.7 Å². The highest BCUT2D eigenvalue weighted by Gasteiger charge is 2.38. The first-order chi connectivity index (χ1) is 8.88. The summed E-state index contributed by atoms with van der Waals surface area (Å²) in [5, 5.41) is 0. The Morgan fingerprint density at radius 1 is 1.44 bits per heavy atom. The van der Waals surface area contributed by atoms with Crippen LogP contribution in [0.5, 0.6) is 0 Å². The molecule has 0 radical (unpaired) electrons. The van der Waals surface area contributed by atoms with Crippen LogP contribution in [-0.2, 0) is 0 Å². The lowest BCUT2D eigenvalue weighted by molar-refractivity contribution is 0.655. The van der Waals surface area contributed by atoms with Gasteiger partial charge in [0.05, 0.1) is 23.9 Å². The highest BCUT2D eigenvalue weighted by atomic mass is 15.0. The molecule has 2 heterocycles. The van der Waals surface area contributed by atoms with Gasteiger partial charge in [0, 0.05) is 18.3 Å². The Balaban J connectivity index is 1.68. The van der Waals surface area contributed by atoms with Gasteiger partial charge in [-0.1, -0.05) is 0 Å². The van der Waals surface area contributed by atoms with Crippen molar-refractivity contribution in [3.8, 4) is 5.69 Å². The van der Waals surface area contributed by atoms with E-state index in [2.05, 4.69) is 16.2 Å². The highest BCUT2D eigenvalue weighted by molar-refractivity contribution is 5.29. The van der Waals surface area contributed by atoms with E-state index in [1.165, 1.54) is 18.5 Å². The quantitative estimate of drug-likeness (QED) is 0.873. The number of nitrogens with zero attached hydrogens (tertiary/aromatic N) is 3. The lowest BCUT2D eigenvalue weighted by atomic mass is 10.1. The molecule has 0 amide bonds. The summed E-state index contributed by atoms with van der Waals surface area (Å²) in [6, 6.07) is 3.98. The van der Waals surface area contributed by atoms with Crippen molar-refractivity contribution in [1.82, 2.24) is 14.5 Å². The van der Waals surface area contributed by atoms with Crippen molar-refractivity contribution in [3.63, 3.8) is 0 Å². The molecule has 0 spiro atoms. The number of pyridine rings is 1. The zero-order chi connectivity index (χ0) is 12.4. The second-order valence-electron chi connectivity index (χ2n) is 4.95. The molecular weight excluding hydrogens is 224 g/mol. The van der Waals surface area contributed by atoms with E-state index >= 15 is 0 Å². The molecule has 2 N–H and O–H groups in total. The van der Waals surface area contributed by atoms with E-state index in [-0.39, 0.29) is 0 Å². The lowest BCUT2D eigenvalue weighted by Crippen LogP contribution is -1.98. The summed E-state index contributed by atoms with van der Waals surface area (Å²) in [6.07, 6.45) is 11.3. The van der Waals surface area contributed by atoms with Crippen molar-refractivity contribution in [1.29, 1.82) is 0 Å². The van der Waals surface area contributed by atoms with E-state index in [1.54, 1.807) is 6.20 Å². The number of hydrogen-bond acceptors (Lipinski definition) is 3. The minimum atomic E-state index is 0.648. The molecule has 4 heteroatoms. The summed E-state index contributed by atoms with van der Waals surface area (Å²) in [6.45, 7) is 0.799. The van der Waals surface area contributed by atoms with Crippen molar-refractivity contribution in [2.75, 3.05) is 6.54 Å². The topological polar surface area (TPSA) is 56.7 Å². The maximum absolute atomic E-state index is 5.54. The molecule has 4 nitrogen and oxygen atoms in total. The van der Waals surface area contributed by atoms with E-state index in [1.807, 2.05) is 29.2 Å². The third kappa shape index (κ3) is 2.29. The lowest BCUT2D eigenvalue weighted by Gasteiger charge is -1.99. The van der Waals surface area contributed by atoms with Crippen molar-refractivity contribution >= 4 is 0 Å². The number of rotatable bonds is 5. The number of nitrogens with two attached hydrogens (primary N) is 1. The van der Waals surface area contributed by atoms with Crippen molar-refractivity contribution in [2.45, 2.75) is 25.2 Å². The minimum absolute atomic E-state index is 0.648. The first-order valence-corrected chi connectivity index (χ1v) is 6.53. The molecule has 1 fully saturated rings. The van der Waals surface area contributed by atoms with Gasteiger partial charge in [0.15, 0.2) is 0 Å². The van der Waals surface area contributed by atoms with Gasteiger partial charge >= 0.3 is 0 Å². The van der Waals surface area contributed by atoms with Gasteiger partial charge in [-0.25, -0.2) is 4.98 Å². The third-order valence-electron chi connectivity index (χ3n) is 3.63. The molecule has 94 valence electrons. The maximum atomic E-state index is 5.54. The Kier molecular flexibility index (Phi) is 3.11. The van der Waals surface area contributed by atoms with Gasteiger partial charge in [-0.15, -0.1) is 0 Å². The van der Waals surface area contributed by atoms with Gasteiger partial charge in [0.2, 0.25) is 0 Å². The molecule has 2 aromatic heterocycles. The SMILES string of the molecule is NCCCC1CC1c1cn(-c2cccnc2)cn1. The molecule has 0 aromatic carbocycles. The van der Waals surface area contributed by atoms with Crippen LogP contribution >= 0.6 is 0 Å². The van der Waals surface area contributed by atoms with Gasteiger partial charge in [-0.3, -0.25) is 4.98 Å². The van der Waals surface area contributed by atoms with Crippen molar-refractivity contribution < 1.29 is 0 Å². The van der Waals surface area contributed by atoms with E-state index in [0.29, 0.717) is 5.92 Å². The average Bonchev–Trinajstić information content (AvgIpc) is 3.03. The zero-order valence-electron chi connectivity index (χ0n) is 10.4. The summed E-state index contributed by atoms with van der Waals surface area (Å²) >= 11 is 0. The molecule has 1 aliphatic carbocycles. The molecule has 1 aliphatic rings. The monoisotopic (exact) mass is 242 g/mol. The highest BCUT2D eigenvalue weighted by Crippen LogP contribution is 2.49. The van der Waals surface area contributed by atoms with E-state index in [0.717, 1.165) is 24.6 Å². The summed E-state index contributed by atoms with van der Waals surface area (Å²) in [5.41, 5.74) is 7.82. The van der Waals surface area contributed by atoms with E-state index in [9.17, 15) is 0 Å². The Morgan fingerprint density at radius 2 is 2.39 bits per heavy atom. The smallest absolute Gasteiger partial charge is 0.0995 e. The van der Waals surface area contributed by atoms with Crippen LogP contribution < -0.4 is 5.73 Å². The fourth-order valence-corrected chi connectivity index (χ4v) is 2.49. The molecule has 18 heavy (non-hydrogen) atoms. The Bertz CT molecular complexity index is 506. The molecule has 2 aromatic rings. The fourth-order valence-electron chi connectivity index (χ4n) is 2.49. The van der Waals surface area contributed by atoms with Gasteiger partial charge in [0.1, 0.15) is 0 Å². The van der Waals surface area contributed by atoms with Crippen LogP contribution in [-0.4, -0.2) is 21.1 Å². The first-order valence-electron chi connectivity index (χ1n) is 6.53. The molecule has 0 aliphatic heterocycles. The van der Waals surface area contributed by atoms with E-state index in [4.69, 9.17) is 5.73 Å². The van der Waals surface area contributed by atoms with Gasteiger partial charge in [0.25, 0.3) is 0 Å². The fraction of sp³-hybridized carbons (Fsp3) is 0.429. The van der Waals surface area contributed by atoms with Crippen molar-refractivity contribution in [3.05, 3.63) is 42.7 Å². The van der Waals surface area contributed by atoms with Crippen LogP contribution in [0.25, 0.3) is 5.69 Å². The number of hydrogen-bond donors (Lipinski definition) is 1. The summed E-state index contributed by atoms with van der Waals surface area (Å²) in [5.74, 6) is 1.44. The molecule has 3 rings (SSSR count). The Morgan fingerprint density at radius 3 is 3.17 bits per heavy atom. The van der Waals surface area contributed by atoms with Crippen LogP contribution in [0.2, 0.25) is 0 Å². The van der Waals surface area contributed by atoms with Crippen LogP contribution in [0.4, 0.5) is 0 Å². The van der Waals surface area contributed by atoms with Crippen LogP contribution in [0.1, 0.15) is 30.9 Å². The predicted molar refractivity (Wildman–Crippen MR) is 70.5 cm³/mol.